The summed E-state index contributed by atoms with van der Waals surface area (Å²) < 4.78 is 28.5. The van der Waals surface area contributed by atoms with Gasteiger partial charge in [0.25, 0.3) is 0 Å². The number of hydrogen-bond acceptors (Lipinski definition) is 3. The van der Waals surface area contributed by atoms with E-state index in [2.05, 4.69) is 16.9 Å². The summed E-state index contributed by atoms with van der Waals surface area (Å²) in [4.78, 5) is 0.232. The van der Waals surface area contributed by atoms with Crippen molar-refractivity contribution in [2.75, 3.05) is 6.61 Å². The number of aliphatic hydroxyl groups is 1. The van der Waals surface area contributed by atoms with Crippen molar-refractivity contribution in [2.45, 2.75) is 29.6 Å². The molecule has 0 radical (unpaired) electrons. The van der Waals surface area contributed by atoms with Gasteiger partial charge in [-0.05, 0) is 0 Å². The Morgan fingerprint density at radius 1 is 1.09 bits per heavy atom. The molecule has 6 heteroatoms. The normalized spacial score (nSPS) is 13.0. The van der Waals surface area contributed by atoms with E-state index in [9.17, 15) is 13.5 Å². The average molecular weight is 398 g/mol. The fraction of sp³-hybridized carbons (Fsp3) is 0.294. The van der Waals surface area contributed by atoms with Crippen LogP contribution in [0.5, 0.6) is 0 Å². The molecule has 0 aliphatic carbocycles. The van der Waals surface area contributed by atoms with Crippen molar-refractivity contribution in [3.8, 4) is 0 Å². The van der Waals surface area contributed by atoms with Gasteiger partial charge >= 0.3 is 144 Å². The summed E-state index contributed by atoms with van der Waals surface area (Å²) >= 11 is 0.282. The molecule has 0 fully saturated rings. The Hall–Kier alpha value is -1.17. The van der Waals surface area contributed by atoms with Gasteiger partial charge in [-0.3, -0.25) is 0 Å². The number of rotatable bonds is 8. The zero-order valence-corrected chi connectivity index (χ0v) is 15.5. The quantitative estimate of drug-likeness (QED) is 0.662. The van der Waals surface area contributed by atoms with E-state index < -0.39 is 16.1 Å². The molecule has 0 unspecified atom stereocenters. The molecule has 1 atom stereocenters. The molecule has 0 saturated carbocycles. The summed E-state index contributed by atoms with van der Waals surface area (Å²) in [5.41, 5.74) is 1.01. The van der Waals surface area contributed by atoms with E-state index in [-0.39, 0.29) is 26.5 Å². The molecule has 0 spiro atoms. The molecule has 23 heavy (non-hydrogen) atoms. The molecule has 0 amide bonds. The molecule has 2 aromatic carbocycles. The van der Waals surface area contributed by atoms with Gasteiger partial charge in [0.05, 0.1) is 0 Å². The van der Waals surface area contributed by atoms with Crippen molar-refractivity contribution in [1.29, 1.82) is 0 Å². The van der Waals surface area contributed by atoms with E-state index >= 15 is 0 Å². The first-order valence-electron chi connectivity index (χ1n) is 7.39. The van der Waals surface area contributed by atoms with Crippen molar-refractivity contribution < 1.29 is 13.5 Å². The van der Waals surface area contributed by atoms with E-state index in [0.29, 0.717) is 6.42 Å². The van der Waals surface area contributed by atoms with Gasteiger partial charge in [-0.25, -0.2) is 0 Å². The molecule has 0 aliphatic heterocycles. The van der Waals surface area contributed by atoms with Crippen LogP contribution >= 0.6 is 0 Å². The van der Waals surface area contributed by atoms with Crippen LogP contribution in [0.25, 0.3) is 0 Å². The summed E-state index contributed by atoms with van der Waals surface area (Å²) in [6.07, 6.45) is 0.622. The van der Waals surface area contributed by atoms with Gasteiger partial charge in [0, 0.05) is 0 Å². The van der Waals surface area contributed by atoms with Crippen LogP contribution in [0.4, 0.5) is 0 Å². The average Bonchev–Trinajstić information content (AvgIpc) is 2.55. The van der Waals surface area contributed by atoms with Crippen LogP contribution in [0.2, 0.25) is 5.32 Å². The maximum atomic E-state index is 12.3. The van der Waals surface area contributed by atoms with Crippen LogP contribution in [0, 0.1) is 6.92 Å². The number of hydrogen-bond donors (Lipinski definition) is 2. The minimum atomic E-state index is -3.59. The van der Waals surface area contributed by atoms with Crippen LogP contribution < -0.4 is 9.18 Å². The number of nitrogens with one attached hydrogen (secondary N) is 1. The van der Waals surface area contributed by atoms with Crippen molar-refractivity contribution >= 4 is 29.4 Å². The molecule has 4 nitrogen and oxygen atoms in total. The molecule has 0 aliphatic rings. The molecule has 2 N–H and O–H groups in total. The Morgan fingerprint density at radius 3 is 2.35 bits per heavy atom. The molecule has 0 saturated heterocycles. The van der Waals surface area contributed by atoms with E-state index in [4.69, 9.17) is 0 Å². The van der Waals surface area contributed by atoms with E-state index in [1.165, 1.54) is 4.46 Å². The third-order valence-electron chi connectivity index (χ3n) is 3.35. The summed E-state index contributed by atoms with van der Waals surface area (Å²) in [5, 5.41) is 10.3. The molecule has 2 aromatic rings. The molecule has 0 bridgehead atoms. The monoisotopic (exact) mass is 399 g/mol. The Kier molecular flexibility index (Phi) is 6.81. The third-order valence-corrected chi connectivity index (χ3v) is 7.08. The molecular weight excluding hydrogens is 377 g/mol. The number of aliphatic hydroxyl groups excluding tert-OH is 1. The minimum absolute atomic E-state index is 0.198. The topological polar surface area (TPSA) is 66.4 Å². The summed E-state index contributed by atoms with van der Waals surface area (Å²) in [6.45, 7) is 1.71. The van der Waals surface area contributed by atoms with Gasteiger partial charge in [-0.15, -0.1) is 0 Å². The fourth-order valence-electron chi connectivity index (χ4n) is 2.03. The number of benzene rings is 2. The Bertz CT molecular complexity index is 702. The first-order chi connectivity index (χ1) is 11.0. The fourth-order valence-corrected chi connectivity index (χ4v) is 5.36. The predicted octanol–water partition coefficient (Wildman–Crippen LogP) is 1.47. The van der Waals surface area contributed by atoms with Crippen LogP contribution in [0.3, 0.4) is 0 Å². The summed E-state index contributed by atoms with van der Waals surface area (Å²) in [7, 11) is -3.59. The van der Waals surface area contributed by atoms with E-state index in [0.717, 1.165) is 10.9 Å². The van der Waals surface area contributed by atoms with Crippen LogP contribution in [-0.2, 0) is 10.0 Å². The summed E-state index contributed by atoms with van der Waals surface area (Å²) in [6, 6.07) is 16.4. The standard InChI is InChI=1S/C17H21NO3SSe/c1-14-7-9-16(10-8-14)22(20,21)18-15(13-19)11-12-23-17-5-3-2-4-6-17/h2-10,15,18-19H,11-13H2,1H3/t15-/m0/s1. The van der Waals surface area contributed by atoms with Crippen molar-refractivity contribution in [3.05, 3.63) is 60.2 Å². The number of sulfonamides is 1. The Balaban J connectivity index is 1.91. The van der Waals surface area contributed by atoms with Gasteiger partial charge in [0.1, 0.15) is 0 Å². The Labute approximate surface area is 144 Å². The van der Waals surface area contributed by atoms with Gasteiger partial charge in [0.15, 0.2) is 0 Å². The van der Waals surface area contributed by atoms with E-state index in [1.54, 1.807) is 24.3 Å². The second-order valence-corrected chi connectivity index (χ2v) is 9.43. The van der Waals surface area contributed by atoms with Gasteiger partial charge in [0.2, 0.25) is 0 Å². The second kappa shape index (κ2) is 8.62. The van der Waals surface area contributed by atoms with Crippen LogP contribution in [0.1, 0.15) is 12.0 Å². The molecular formula is C17H21NO3SSe. The van der Waals surface area contributed by atoms with Gasteiger partial charge in [-0.2, -0.15) is 0 Å². The molecule has 2 rings (SSSR count). The predicted molar refractivity (Wildman–Crippen MR) is 93.6 cm³/mol. The summed E-state index contributed by atoms with van der Waals surface area (Å²) in [5.74, 6) is 0. The second-order valence-electron chi connectivity index (χ2n) is 5.26. The first kappa shape index (κ1) is 18.2. The zero-order chi connectivity index (χ0) is 16.7. The molecule has 0 heterocycles. The van der Waals surface area contributed by atoms with Gasteiger partial charge in [-0.1, -0.05) is 0 Å². The van der Waals surface area contributed by atoms with Crippen molar-refractivity contribution in [1.82, 2.24) is 4.72 Å². The SMILES string of the molecule is Cc1ccc(S(=O)(=O)N[C@H](CO)CC[Se]c2ccccc2)cc1. The van der Waals surface area contributed by atoms with E-state index in [1.807, 2.05) is 25.1 Å². The van der Waals surface area contributed by atoms with Crippen LogP contribution in [0.15, 0.2) is 59.5 Å². The Morgan fingerprint density at radius 2 is 1.74 bits per heavy atom. The van der Waals surface area contributed by atoms with Gasteiger partial charge < -0.3 is 0 Å². The molecule has 124 valence electrons. The number of aryl methyl sites for hydroxylation is 1. The molecule has 0 aromatic heterocycles. The first-order valence-corrected chi connectivity index (χ1v) is 10.9. The zero-order valence-electron chi connectivity index (χ0n) is 13.0. The third kappa shape index (κ3) is 5.75. The maximum absolute atomic E-state index is 12.3. The van der Waals surface area contributed by atoms with Crippen molar-refractivity contribution in [2.24, 2.45) is 0 Å². The van der Waals surface area contributed by atoms with Crippen LogP contribution in [-0.4, -0.2) is 41.1 Å². The van der Waals surface area contributed by atoms with Crippen molar-refractivity contribution in [3.63, 3.8) is 0 Å².